The monoisotopic (exact) mass is 524 g/mol. The van der Waals surface area contributed by atoms with Crippen LogP contribution in [0.1, 0.15) is 44.1 Å². The van der Waals surface area contributed by atoms with Crippen LogP contribution in [0, 0.1) is 17.2 Å². The molecule has 4 aliphatic heterocycles. The molecule has 0 saturated carbocycles. The first-order chi connectivity index (χ1) is 17.7. The maximum Gasteiger partial charge on any atom is 0.410 e. The van der Waals surface area contributed by atoms with Gasteiger partial charge >= 0.3 is 6.18 Å². The normalized spacial score (nSPS) is 36.9. The highest BCUT2D eigenvalue weighted by atomic mass is 19.4. The van der Waals surface area contributed by atoms with Crippen LogP contribution in [-0.4, -0.2) is 67.3 Å². The molecule has 12 heteroatoms. The second-order valence-corrected chi connectivity index (χ2v) is 10.4. The van der Waals surface area contributed by atoms with E-state index >= 15 is 4.39 Å². The molecule has 37 heavy (non-hydrogen) atoms. The van der Waals surface area contributed by atoms with Gasteiger partial charge in [0.1, 0.15) is 17.9 Å². The number of piperidine rings is 2. The molecule has 4 saturated heterocycles. The molecule has 0 aromatic heterocycles. The summed E-state index contributed by atoms with van der Waals surface area (Å²) < 4.78 is 62.9. The predicted octanol–water partition coefficient (Wildman–Crippen LogP) is 2.69. The zero-order chi connectivity index (χ0) is 26.3. The van der Waals surface area contributed by atoms with Crippen LogP contribution in [-0.2, 0) is 15.1 Å². The summed E-state index contributed by atoms with van der Waals surface area (Å²) in [5.41, 5.74) is 0.732. The number of carbonyl (C=O) groups is 1. The van der Waals surface area contributed by atoms with E-state index in [0.29, 0.717) is 51.1 Å². The topological polar surface area (TPSA) is 101 Å². The van der Waals surface area contributed by atoms with E-state index in [1.54, 1.807) is 17.1 Å². The third-order valence-electron chi connectivity index (χ3n) is 8.41. The van der Waals surface area contributed by atoms with E-state index in [0.717, 1.165) is 0 Å². The molecular formula is C25H32F4N6O2. The second kappa shape index (κ2) is 10.0. The molecular weight excluding hydrogens is 492 g/mol. The third kappa shape index (κ3) is 4.46. The van der Waals surface area contributed by atoms with Crippen molar-refractivity contribution in [3.8, 4) is 6.07 Å². The first-order valence-corrected chi connectivity index (χ1v) is 12.8. The van der Waals surface area contributed by atoms with Crippen molar-refractivity contribution in [1.29, 1.82) is 5.26 Å². The van der Waals surface area contributed by atoms with E-state index in [1.165, 1.54) is 12.1 Å². The molecule has 1 aromatic rings. The standard InChI is InChI=1S/C25H32F4N6O2/c26-19-15-37-14-10-23(19,9-11-30)35-18-7-13-31-22(36)20(18)21(34-35)33-17-5-3-16(4-6-17)24(25(27,28)29)8-1-2-12-32-24/h3-6,18-21,32-34H,1-2,7-10,12-15H2,(H,31,36)/t18?,19-,20?,21?,23+,24+/m1/s1. The lowest BCUT2D eigenvalue weighted by molar-refractivity contribution is -0.207. The number of amides is 1. The number of fused-ring (bicyclic) bond motifs is 1. The zero-order valence-corrected chi connectivity index (χ0v) is 20.4. The van der Waals surface area contributed by atoms with Gasteiger partial charge in [-0.3, -0.25) is 10.1 Å². The van der Waals surface area contributed by atoms with Crippen LogP contribution >= 0.6 is 0 Å². The van der Waals surface area contributed by atoms with Crippen molar-refractivity contribution in [1.82, 2.24) is 21.1 Å². The molecule has 4 heterocycles. The Morgan fingerprint density at radius 1 is 1.19 bits per heavy atom. The molecule has 0 aliphatic carbocycles. The average Bonchev–Trinajstić information content (AvgIpc) is 3.26. The van der Waals surface area contributed by atoms with Crippen molar-refractivity contribution in [3.05, 3.63) is 29.8 Å². The van der Waals surface area contributed by atoms with Crippen LogP contribution in [0.3, 0.4) is 0 Å². The van der Waals surface area contributed by atoms with Gasteiger partial charge in [0.25, 0.3) is 0 Å². The lowest BCUT2D eigenvalue weighted by Gasteiger charge is -2.48. The minimum atomic E-state index is -4.44. The summed E-state index contributed by atoms with van der Waals surface area (Å²) in [5, 5.41) is 20.1. The molecule has 3 unspecified atom stereocenters. The summed E-state index contributed by atoms with van der Waals surface area (Å²) in [4.78, 5) is 12.9. The number of hydrazine groups is 1. The highest BCUT2D eigenvalue weighted by Crippen LogP contribution is 2.45. The fourth-order valence-electron chi connectivity index (χ4n) is 6.41. The molecule has 0 spiro atoms. The van der Waals surface area contributed by atoms with Crippen molar-refractivity contribution >= 4 is 11.6 Å². The van der Waals surface area contributed by atoms with Gasteiger partial charge in [0.15, 0.2) is 0 Å². The van der Waals surface area contributed by atoms with Gasteiger partial charge < -0.3 is 15.4 Å². The Labute approximate surface area is 213 Å². The zero-order valence-electron chi connectivity index (χ0n) is 20.4. The van der Waals surface area contributed by atoms with E-state index in [1.807, 2.05) is 0 Å². The maximum absolute atomic E-state index is 15.3. The molecule has 0 radical (unpaired) electrons. The summed E-state index contributed by atoms with van der Waals surface area (Å²) in [6, 6.07) is 7.85. The maximum atomic E-state index is 15.3. The van der Waals surface area contributed by atoms with E-state index in [9.17, 15) is 23.2 Å². The first kappa shape index (κ1) is 26.2. The van der Waals surface area contributed by atoms with E-state index < -0.39 is 35.5 Å². The Morgan fingerprint density at radius 2 is 1.97 bits per heavy atom. The van der Waals surface area contributed by atoms with Crippen molar-refractivity contribution in [2.45, 2.75) is 74.2 Å². The van der Waals surface area contributed by atoms with Gasteiger partial charge in [0.05, 0.1) is 30.6 Å². The fraction of sp³-hybridized carbons (Fsp3) is 0.680. The molecule has 1 amide bonds. The van der Waals surface area contributed by atoms with Gasteiger partial charge in [0.2, 0.25) is 5.91 Å². The van der Waals surface area contributed by atoms with E-state index in [2.05, 4.69) is 27.4 Å². The van der Waals surface area contributed by atoms with Crippen molar-refractivity contribution in [2.75, 3.05) is 31.6 Å². The fourth-order valence-corrected chi connectivity index (χ4v) is 6.41. The van der Waals surface area contributed by atoms with Gasteiger partial charge in [-0.05, 0) is 56.3 Å². The molecule has 5 rings (SSSR count). The second-order valence-electron chi connectivity index (χ2n) is 10.4. The number of halogens is 4. The Kier molecular flexibility index (Phi) is 7.08. The quantitative estimate of drug-likeness (QED) is 0.440. The van der Waals surface area contributed by atoms with Gasteiger partial charge in [0, 0.05) is 24.9 Å². The Balaban J connectivity index is 1.40. The number of nitrogens with one attached hydrogen (secondary N) is 4. The predicted molar refractivity (Wildman–Crippen MR) is 127 cm³/mol. The van der Waals surface area contributed by atoms with E-state index in [-0.39, 0.29) is 37.0 Å². The number of anilines is 1. The van der Waals surface area contributed by atoms with Gasteiger partial charge in [-0.2, -0.15) is 18.4 Å². The van der Waals surface area contributed by atoms with Crippen molar-refractivity contribution in [3.63, 3.8) is 0 Å². The number of hydrogen-bond acceptors (Lipinski definition) is 7. The lowest BCUT2D eigenvalue weighted by Crippen LogP contribution is -2.65. The van der Waals surface area contributed by atoms with Crippen LogP contribution in [0.25, 0.3) is 0 Å². The number of nitrogens with zero attached hydrogens (tertiary/aromatic N) is 2. The highest BCUT2D eigenvalue weighted by molar-refractivity contribution is 5.82. The number of benzene rings is 1. The smallest absolute Gasteiger partial charge is 0.378 e. The SMILES string of the molecule is N#CC[C@]1(N2NC(Nc3ccc([C@]4(C(F)(F)F)CCCCN4)cc3)C3C(=O)NCCC32)CCOC[C@H]1F. The van der Waals surface area contributed by atoms with Gasteiger partial charge in [-0.25, -0.2) is 14.8 Å². The van der Waals surface area contributed by atoms with Gasteiger partial charge in [-0.1, -0.05) is 12.1 Å². The van der Waals surface area contributed by atoms with Crippen molar-refractivity contribution in [2.24, 2.45) is 5.92 Å². The average molecular weight is 525 g/mol. The minimum Gasteiger partial charge on any atom is -0.378 e. The highest BCUT2D eigenvalue weighted by Gasteiger charge is 2.58. The molecule has 4 N–H and O–H groups in total. The van der Waals surface area contributed by atoms with E-state index in [4.69, 9.17) is 4.74 Å². The molecule has 0 bridgehead atoms. The molecule has 8 nitrogen and oxygen atoms in total. The van der Waals surface area contributed by atoms with Crippen molar-refractivity contribution < 1.29 is 27.1 Å². The summed E-state index contributed by atoms with van der Waals surface area (Å²) in [5.74, 6) is -0.780. The Morgan fingerprint density at radius 3 is 2.62 bits per heavy atom. The number of hydrogen-bond donors (Lipinski definition) is 4. The third-order valence-corrected chi connectivity index (χ3v) is 8.41. The van der Waals surface area contributed by atoms with Crippen LogP contribution < -0.4 is 21.4 Å². The Bertz CT molecular complexity index is 1030. The molecule has 6 atom stereocenters. The van der Waals surface area contributed by atoms with Crippen LogP contribution in [0.15, 0.2) is 24.3 Å². The van der Waals surface area contributed by atoms with Crippen LogP contribution in [0.5, 0.6) is 0 Å². The van der Waals surface area contributed by atoms with Crippen LogP contribution in [0.4, 0.5) is 23.2 Å². The first-order valence-electron chi connectivity index (χ1n) is 12.8. The number of alkyl halides is 4. The summed E-state index contributed by atoms with van der Waals surface area (Å²) in [6.45, 7) is 0.906. The Hall–Kier alpha value is -2.46. The summed E-state index contributed by atoms with van der Waals surface area (Å²) >= 11 is 0. The molecule has 1 aromatic carbocycles. The van der Waals surface area contributed by atoms with Gasteiger partial charge in [-0.15, -0.1) is 0 Å². The summed E-state index contributed by atoms with van der Waals surface area (Å²) in [6.07, 6.45) is -4.53. The molecule has 202 valence electrons. The molecule has 4 fully saturated rings. The summed E-state index contributed by atoms with van der Waals surface area (Å²) in [7, 11) is 0. The minimum absolute atomic E-state index is 0.0264. The number of rotatable bonds is 5. The number of carbonyl (C=O) groups excluding carboxylic acids is 1. The molecule has 4 aliphatic rings. The van der Waals surface area contributed by atoms with Crippen LogP contribution in [0.2, 0.25) is 0 Å². The lowest BCUT2D eigenvalue weighted by atomic mass is 9.81. The number of nitriles is 1. The number of ether oxygens (including phenoxy) is 1. The largest absolute Gasteiger partial charge is 0.410 e.